The number of rotatable bonds is 6. The van der Waals surface area contributed by atoms with Crippen molar-refractivity contribution in [1.29, 1.82) is 0 Å². The van der Waals surface area contributed by atoms with Crippen LogP contribution in [-0.2, 0) is 16.0 Å². The van der Waals surface area contributed by atoms with Gasteiger partial charge in [0, 0.05) is 5.54 Å². The Bertz CT molecular complexity index is 497. The fourth-order valence-electron chi connectivity index (χ4n) is 1.89. The first-order valence-electron chi connectivity index (χ1n) is 7.25. The lowest BCUT2D eigenvalue weighted by atomic mass is 10.1. The zero-order valence-electron chi connectivity index (χ0n) is 13.3. The van der Waals surface area contributed by atoms with E-state index in [4.69, 9.17) is 5.73 Å². The van der Waals surface area contributed by atoms with E-state index >= 15 is 0 Å². The smallest absolute Gasteiger partial charge is 0.245 e. The van der Waals surface area contributed by atoms with Crippen molar-refractivity contribution in [3.8, 4) is 0 Å². The zero-order chi connectivity index (χ0) is 16.8. The van der Waals surface area contributed by atoms with Crippen LogP contribution in [0.1, 0.15) is 26.3 Å². The Labute approximate surface area is 131 Å². The third-order valence-electron chi connectivity index (χ3n) is 2.95. The molecule has 2 atom stereocenters. The number of benzene rings is 1. The number of hydrogen-bond donors (Lipinski definition) is 4. The quantitative estimate of drug-likeness (QED) is 0.591. The van der Waals surface area contributed by atoms with Crippen molar-refractivity contribution in [2.24, 2.45) is 5.73 Å². The Morgan fingerprint density at radius 2 is 1.77 bits per heavy atom. The van der Waals surface area contributed by atoms with Gasteiger partial charge in [-0.3, -0.25) is 9.59 Å². The van der Waals surface area contributed by atoms with Gasteiger partial charge in [0.15, 0.2) is 0 Å². The first-order chi connectivity index (χ1) is 10.2. The molecule has 0 heterocycles. The van der Waals surface area contributed by atoms with Gasteiger partial charge in [-0.05, 0) is 32.8 Å². The van der Waals surface area contributed by atoms with Crippen molar-refractivity contribution in [1.82, 2.24) is 10.6 Å². The molecule has 22 heavy (non-hydrogen) atoms. The normalized spacial score (nSPS) is 14.0. The van der Waals surface area contributed by atoms with E-state index in [1.54, 1.807) is 0 Å². The molecule has 0 bridgehead atoms. The summed E-state index contributed by atoms with van der Waals surface area (Å²) in [5.74, 6) is -0.901. The third-order valence-corrected chi connectivity index (χ3v) is 2.95. The average Bonchev–Trinajstić information content (AvgIpc) is 2.43. The fourth-order valence-corrected chi connectivity index (χ4v) is 1.89. The van der Waals surface area contributed by atoms with E-state index in [0.29, 0.717) is 6.42 Å². The highest BCUT2D eigenvalue weighted by Gasteiger charge is 2.25. The van der Waals surface area contributed by atoms with Gasteiger partial charge in [0.25, 0.3) is 0 Å². The van der Waals surface area contributed by atoms with Crippen LogP contribution < -0.4 is 16.4 Å². The second-order valence-corrected chi connectivity index (χ2v) is 6.28. The highest BCUT2D eigenvalue weighted by atomic mass is 16.3. The summed E-state index contributed by atoms with van der Waals surface area (Å²) in [6, 6.07) is 7.59. The van der Waals surface area contributed by atoms with E-state index in [2.05, 4.69) is 10.6 Å². The fraction of sp³-hybridized carbons (Fsp3) is 0.500. The summed E-state index contributed by atoms with van der Waals surface area (Å²) in [7, 11) is 0. The van der Waals surface area contributed by atoms with Crippen molar-refractivity contribution >= 4 is 11.8 Å². The van der Waals surface area contributed by atoms with Gasteiger partial charge in [0.2, 0.25) is 11.8 Å². The summed E-state index contributed by atoms with van der Waals surface area (Å²) < 4.78 is 0. The second-order valence-electron chi connectivity index (χ2n) is 6.28. The SMILES string of the molecule is CC(C)(C)NC(=O)C(CO)NC(=O)C(N)Cc1ccccc1. The molecule has 5 N–H and O–H groups in total. The number of nitrogens with one attached hydrogen (secondary N) is 2. The van der Waals surface area contributed by atoms with E-state index in [1.165, 1.54) is 0 Å². The van der Waals surface area contributed by atoms with E-state index < -0.39 is 36.0 Å². The van der Waals surface area contributed by atoms with Gasteiger partial charge in [0.1, 0.15) is 6.04 Å². The number of nitrogens with two attached hydrogens (primary N) is 1. The molecular formula is C16H25N3O3. The molecule has 6 heteroatoms. The zero-order valence-corrected chi connectivity index (χ0v) is 13.3. The maximum Gasteiger partial charge on any atom is 0.245 e. The Balaban J connectivity index is 2.59. The van der Waals surface area contributed by atoms with Crippen LogP contribution in [0.5, 0.6) is 0 Å². The molecule has 0 fully saturated rings. The number of amides is 2. The number of hydrogen-bond acceptors (Lipinski definition) is 4. The molecule has 2 unspecified atom stereocenters. The van der Waals surface area contributed by atoms with Crippen molar-refractivity contribution in [2.75, 3.05) is 6.61 Å². The van der Waals surface area contributed by atoms with Crippen LogP contribution in [-0.4, -0.2) is 41.2 Å². The molecular weight excluding hydrogens is 282 g/mol. The molecule has 1 aromatic carbocycles. The molecule has 0 spiro atoms. The van der Waals surface area contributed by atoms with Gasteiger partial charge in [-0.2, -0.15) is 0 Å². The number of carbonyl (C=O) groups is 2. The first-order valence-corrected chi connectivity index (χ1v) is 7.25. The second kappa shape index (κ2) is 7.91. The predicted molar refractivity (Wildman–Crippen MR) is 85.0 cm³/mol. The highest BCUT2D eigenvalue weighted by Crippen LogP contribution is 2.03. The number of carbonyl (C=O) groups excluding carboxylic acids is 2. The molecule has 0 saturated carbocycles. The van der Waals surface area contributed by atoms with Gasteiger partial charge in [-0.25, -0.2) is 0 Å². The molecule has 6 nitrogen and oxygen atoms in total. The van der Waals surface area contributed by atoms with Gasteiger partial charge < -0.3 is 21.5 Å². The van der Waals surface area contributed by atoms with Crippen LogP contribution in [0.25, 0.3) is 0 Å². The highest BCUT2D eigenvalue weighted by molar-refractivity contribution is 5.90. The first kappa shape index (κ1) is 18.1. The van der Waals surface area contributed by atoms with Crippen LogP contribution in [0.3, 0.4) is 0 Å². The lowest BCUT2D eigenvalue weighted by Gasteiger charge is -2.25. The van der Waals surface area contributed by atoms with Crippen LogP contribution in [0, 0.1) is 0 Å². The molecule has 0 saturated heterocycles. The minimum atomic E-state index is -1.01. The van der Waals surface area contributed by atoms with Crippen LogP contribution in [0.4, 0.5) is 0 Å². The maximum atomic E-state index is 12.1. The minimum absolute atomic E-state index is 0.367. The predicted octanol–water partition coefficient (Wildman–Crippen LogP) is -0.0518. The van der Waals surface area contributed by atoms with E-state index in [1.807, 2.05) is 51.1 Å². The van der Waals surface area contributed by atoms with Crippen molar-refractivity contribution < 1.29 is 14.7 Å². The average molecular weight is 307 g/mol. The molecule has 1 aromatic rings. The lowest BCUT2D eigenvalue weighted by Crippen LogP contribution is -2.56. The van der Waals surface area contributed by atoms with Gasteiger partial charge >= 0.3 is 0 Å². The summed E-state index contributed by atoms with van der Waals surface area (Å²) in [5.41, 5.74) is 6.35. The molecule has 0 aliphatic carbocycles. The summed E-state index contributed by atoms with van der Waals surface area (Å²) in [4.78, 5) is 24.0. The van der Waals surface area contributed by atoms with Crippen molar-refractivity contribution in [3.63, 3.8) is 0 Å². The topological polar surface area (TPSA) is 104 Å². The third kappa shape index (κ3) is 6.24. The van der Waals surface area contributed by atoms with E-state index in [9.17, 15) is 14.7 Å². The van der Waals surface area contributed by atoms with Crippen LogP contribution in [0.2, 0.25) is 0 Å². The molecule has 0 aromatic heterocycles. The monoisotopic (exact) mass is 307 g/mol. The number of aliphatic hydroxyl groups excluding tert-OH is 1. The van der Waals surface area contributed by atoms with Crippen molar-refractivity contribution in [2.45, 2.75) is 44.8 Å². The summed E-state index contributed by atoms with van der Waals surface area (Å²) >= 11 is 0. The van der Waals surface area contributed by atoms with Crippen LogP contribution >= 0.6 is 0 Å². The summed E-state index contributed by atoms with van der Waals surface area (Å²) in [5, 5.41) is 14.5. The van der Waals surface area contributed by atoms with Gasteiger partial charge in [-0.15, -0.1) is 0 Å². The van der Waals surface area contributed by atoms with E-state index in [-0.39, 0.29) is 0 Å². The Morgan fingerprint density at radius 3 is 2.27 bits per heavy atom. The molecule has 0 aliphatic heterocycles. The van der Waals surface area contributed by atoms with Crippen LogP contribution in [0.15, 0.2) is 30.3 Å². The van der Waals surface area contributed by atoms with Gasteiger partial charge in [0.05, 0.1) is 12.6 Å². The van der Waals surface area contributed by atoms with E-state index in [0.717, 1.165) is 5.56 Å². The summed E-state index contributed by atoms with van der Waals surface area (Å²) in [6.07, 6.45) is 0.367. The molecule has 0 aliphatic rings. The molecule has 0 radical (unpaired) electrons. The van der Waals surface area contributed by atoms with Crippen molar-refractivity contribution in [3.05, 3.63) is 35.9 Å². The standard InChI is InChI=1S/C16H25N3O3/c1-16(2,3)19-15(22)13(10-20)18-14(21)12(17)9-11-7-5-4-6-8-11/h4-8,12-13,20H,9-10,17H2,1-3H3,(H,18,21)(H,19,22). The maximum absolute atomic E-state index is 12.1. The largest absolute Gasteiger partial charge is 0.394 e. The molecule has 122 valence electrons. The Morgan fingerprint density at radius 1 is 1.18 bits per heavy atom. The number of aliphatic hydroxyl groups is 1. The molecule has 1 rings (SSSR count). The Kier molecular flexibility index (Phi) is 6.52. The lowest BCUT2D eigenvalue weighted by molar-refractivity contribution is -0.131. The summed E-state index contributed by atoms with van der Waals surface area (Å²) in [6.45, 7) is 4.98. The Hall–Kier alpha value is -1.92. The minimum Gasteiger partial charge on any atom is -0.394 e. The van der Waals surface area contributed by atoms with Gasteiger partial charge in [-0.1, -0.05) is 30.3 Å². The molecule has 2 amide bonds.